The van der Waals surface area contributed by atoms with Crippen LogP contribution < -0.4 is 0 Å². The van der Waals surface area contributed by atoms with Gasteiger partial charge in [0.05, 0.1) is 16.1 Å². The quantitative estimate of drug-likeness (QED) is 0.698. The van der Waals surface area contributed by atoms with Gasteiger partial charge in [0, 0.05) is 7.85 Å². The zero-order valence-corrected chi connectivity index (χ0v) is 9.34. The molecule has 2 rings (SSSR count). The Bertz CT molecular complexity index is 493. The number of nitrogens with zero attached hydrogens (tertiary/aromatic N) is 1. The molecule has 0 unspecified atom stereocenters. The van der Waals surface area contributed by atoms with E-state index in [2.05, 4.69) is 35.2 Å². The monoisotopic (exact) mass is 215 g/mol. The van der Waals surface area contributed by atoms with Crippen LogP contribution in [0.5, 0.6) is 0 Å². The van der Waals surface area contributed by atoms with Crippen molar-refractivity contribution >= 4 is 11.3 Å². The van der Waals surface area contributed by atoms with Crippen LogP contribution in [0.3, 0.4) is 0 Å². The summed E-state index contributed by atoms with van der Waals surface area (Å²) in [5, 5.41) is 0. The smallest absolute Gasteiger partial charge is 0.0801 e. The van der Waals surface area contributed by atoms with Crippen molar-refractivity contribution < 1.29 is 1.43 Å². The number of terminal acetylenes is 1. The van der Waals surface area contributed by atoms with E-state index >= 15 is 0 Å². The van der Waals surface area contributed by atoms with E-state index in [9.17, 15) is 0 Å². The fraction of sp³-hybridized carbons (Fsp3) is 0.154. The van der Waals surface area contributed by atoms with Crippen molar-refractivity contribution in [2.45, 2.75) is 13.3 Å². The van der Waals surface area contributed by atoms with Crippen molar-refractivity contribution in [2.24, 2.45) is 0 Å². The molecule has 0 fully saturated rings. The van der Waals surface area contributed by atoms with Crippen molar-refractivity contribution in [1.29, 1.82) is 0 Å². The summed E-state index contributed by atoms with van der Waals surface area (Å²) in [7, 11) is 0. The number of hydrogen-bond acceptors (Lipinski definition) is 2. The normalized spacial score (nSPS) is 9.87. The molecule has 0 N–H and O–H groups in total. The average molecular weight is 215 g/mol. The summed E-state index contributed by atoms with van der Waals surface area (Å²) in [6.45, 7) is 2.03. The maximum atomic E-state index is 5.26. The Morgan fingerprint density at radius 1 is 1.40 bits per heavy atom. The second-order valence-electron chi connectivity index (χ2n) is 3.34. The zero-order chi connectivity index (χ0) is 10.7. The van der Waals surface area contributed by atoms with Crippen LogP contribution in [-0.4, -0.2) is 4.98 Å². The van der Waals surface area contributed by atoms with Gasteiger partial charge in [-0.15, -0.1) is 23.7 Å². The molecule has 76 valence electrons. The summed E-state index contributed by atoms with van der Waals surface area (Å²) >= 11 is 1.67. The predicted octanol–water partition coefficient (Wildman–Crippen LogP) is 3.54. The van der Waals surface area contributed by atoms with Gasteiger partial charge in [-0.05, 0) is 18.1 Å². The second-order valence-corrected chi connectivity index (χ2v) is 4.20. The zero-order valence-electron chi connectivity index (χ0n) is 8.53. The number of benzene rings is 1. The molecule has 0 aliphatic heterocycles. The first kappa shape index (κ1) is 9.95. The van der Waals surface area contributed by atoms with E-state index in [-0.39, 0.29) is 1.43 Å². The molecular formula is C13H13NS. The molecule has 0 radical (unpaired) electrons. The number of aromatic nitrogens is 1. The Morgan fingerprint density at radius 2 is 2.13 bits per heavy atom. The van der Waals surface area contributed by atoms with Gasteiger partial charge in [0.25, 0.3) is 0 Å². The molecule has 0 amide bonds. The first-order valence-electron chi connectivity index (χ1n) is 4.74. The Kier molecular flexibility index (Phi) is 2.84. The first-order valence-corrected chi connectivity index (χ1v) is 5.62. The minimum atomic E-state index is 0. The number of aryl methyl sites for hydroxylation is 1. The van der Waals surface area contributed by atoms with Gasteiger partial charge in [-0.3, -0.25) is 0 Å². The third-order valence-electron chi connectivity index (χ3n) is 2.27. The summed E-state index contributed by atoms with van der Waals surface area (Å²) in [6, 6.07) is 8.36. The van der Waals surface area contributed by atoms with Gasteiger partial charge >= 0.3 is 0 Å². The topological polar surface area (TPSA) is 12.9 Å². The molecule has 15 heavy (non-hydrogen) atoms. The fourth-order valence-electron chi connectivity index (χ4n) is 1.47. The van der Waals surface area contributed by atoms with Crippen LogP contribution in [0, 0.1) is 19.3 Å². The fourth-order valence-corrected chi connectivity index (χ4v) is 2.28. The lowest BCUT2D eigenvalue weighted by molar-refractivity contribution is 1.26. The van der Waals surface area contributed by atoms with Crippen LogP contribution in [-0.2, 0) is 6.42 Å². The minimum absolute atomic E-state index is 0. The third kappa shape index (κ3) is 2.08. The van der Waals surface area contributed by atoms with Crippen LogP contribution in [0.2, 0.25) is 0 Å². The number of rotatable bonds is 2. The highest BCUT2D eigenvalue weighted by Crippen LogP contribution is 2.27. The van der Waals surface area contributed by atoms with Crippen LogP contribution >= 0.6 is 11.3 Å². The molecule has 1 nitrogen and oxygen atoms in total. The highest BCUT2D eigenvalue weighted by atomic mass is 32.1. The van der Waals surface area contributed by atoms with E-state index in [0.29, 0.717) is 6.42 Å². The van der Waals surface area contributed by atoms with Crippen molar-refractivity contribution in [1.82, 2.24) is 4.98 Å². The summed E-state index contributed by atoms with van der Waals surface area (Å²) in [6.07, 6.45) is 5.96. The van der Waals surface area contributed by atoms with E-state index in [4.69, 9.17) is 6.42 Å². The lowest BCUT2D eigenvalue weighted by Crippen LogP contribution is -1.82. The molecule has 0 spiro atoms. The first-order chi connectivity index (χ1) is 7.31. The van der Waals surface area contributed by atoms with Gasteiger partial charge in [-0.25, -0.2) is 4.98 Å². The summed E-state index contributed by atoms with van der Waals surface area (Å²) < 4.78 is 0. The molecule has 1 aromatic carbocycles. The Morgan fingerprint density at radius 3 is 2.67 bits per heavy atom. The molecule has 0 saturated carbocycles. The lowest BCUT2D eigenvalue weighted by atomic mass is 10.1. The van der Waals surface area contributed by atoms with Crippen LogP contribution in [0.15, 0.2) is 29.8 Å². The standard InChI is InChI=1S/C13H11NS.H2/c1-3-4-11-5-7-12(8-6-11)13-10(2)14-9-15-13;/h1,5-9H,4H2,2H3;1H. The summed E-state index contributed by atoms with van der Waals surface area (Å²) in [5.41, 5.74) is 5.36. The van der Waals surface area contributed by atoms with E-state index in [1.165, 1.54) is 16.0 Å². The molecule has 2 heteroatoms. The molecule has 0 saturated heterocycles. The number of hydrogen-bond donors (Lipinski definition) is 0. The molecule has 0 atom stereocenters. The van der Waals surface area contributed by atoms with Gasteiger partial charge in [0.15, 0.2) is 0 Å². The highest BCUT2D eigenvalue weighted by Gasteiger charge is 2.03. The van der Waals surface area contributed by atoms with Crippen molar-refractivity contribution in [3.8, 4) is 22.8 Å². The number of thiazole rings is 1. The molecule has 1 heterocycles. The van der Waals surface area contributed by atoms with Crippen molar-refractivity contribution in [3.05, 3.63) is 41.0 Å². The van der Waals surface area contributed by atoms with Crippen LogP contribution in [0.4, 0.5) is 0 Å². The predicted molar refractivity (Wildman–Crippen MR) is 66.9 cm³/mol. The van der Waals surface area contributed by atoms with Gasteiger partial charge in [0.1, 0.15) is 0 Å². The van der Waals surface area contributed by atoms with Crippen molar-refractivity contribution in [2.75, 3.05) is 0 Å². The largest absolute Gasteiger partial charge is 0.249 e. The van der Waals surface area contributed by atoms with Crippen LogP contribution in [0.1, 0.15) is 12.7 Å². The SMILES string of the molecule is C#CCc1ccc(-c2scnc2C)cc1.[HH]. The van der Waals surface area contributed by atoms with Crippen LogP contribution in [0.25, 0.3) is 10.4 Å². The molecule has 2 aromatic rings. The minimum Gasteiger partial charge on any atom is -0.249 e. The maximum Gasteiger partial charge on any atom is 0.0801 e. The van der Waals surface area contributed by atoms with E-state index < -0.39 is 0 Å². The molecular weight excluding hydrogens is 202 g/mol. The molecule has 0 aliphatic carbocycles. The summed E-state index contributed by atoms with van der Waals surface area (Å²) in [4.78, 5) is 5.48. The van der Waals surface area contributed by atoms with Crippen molar-refractivity contribution in [3.63, 3.8) is 0 Å². The maximum absolute atomic E-state index is 5.26. The van der Waals surface area contributed by atoms with Gasteiger partial charge in [0.2, 0.25) is 0 Å². The van der Waals surface area contributed by atoms with Gasteiger partial charge < -0.3 is 0 Å². The molecule has 0 bridgehead atoms. The molecule has 0 aliphatic rings. The lowest BCUT2D eigenvalue weighted by Gasteiger charge is -2.00. The Balaban J connectivity index is 0.00000128. The van der Waals surface area contributed by atoms with E-state index in [0.717, 1.165) is 5.69 Å². The van der Waals surface area contributed by atoms with Gasteiger partial charge in [-0.2, -0.15) is 0 Å². The Labute approximate surface area is 95.3 Å². The van der Waals surface area contributed by atoms with E-state index in [1.807, 2.05) is 12.4 Å². The Hall–Kier alpha value is -1.59. The molecule has 1 aromatic heterocycles. The second kappa shape index (κ2) is 4.29. The summed E-state index contributed by atoms with van der Waals surface area (Å²) in [5.74, 6) is 2.64. The highest BCUT2D eigenvalue weighted by molar-refractivity contribution is 7.13. The van der Waals surface area contributed by atoms with E-state index in [1.54, 1.807) is 11.3 Å². The van der Waals surface area contributed by atoms with Gasteiger partial charge in [-0.1, -0.05) is 24.3 Å². The average Bonchev–Trinajstić information content (AvgIpc) is 2.66. The third-order valence-corrected chi connectivity index (χ3v) is 3.25.